The maximum Gasteiger partial charge on any atom is 0.315 e. The smallest absolute Gasteiger partial charge is 0.315 e. The van der Waals surface area contributed by atoms with Crippen LogP contribution in [0.5, 0.6) is 0 Å². The zero-order valence-corrected chi connectivity index (χ0v) is 10.8. The van der Waals surface area contributed by atoms with Crippen LogP contribution in [0.25, 0.3) is 0 Å². The second-order valence-electron chi connectivity index (χ2n) is 4.10. The third-order valence-corrected chi connectivity index (χ3v) is 2.55. The zero-order valence-electron chi connectivity index (χ0n) is 10.8. The SMILES string of the molecule is CCCC(CNC(=O)NCc1cccnn1)C(=O)O. The van der Waals surface area contributed by atoms with E-state index in [1.807, 2.05) is 6.92 Å². The minimum Gasteiger partial charge on any atom is -0.481 e. The number of nitrogens with zero attached hydrogens (tertiary/aromatic N) is 2. The monoisotopic (exact) mass is 266 g/mol. The maximum absolute atomic E-state index is 11.5. The molecule has 1 aromatic heterocycles. The Morgan fingerprint density at radius 2 is 2.21 bits per heavy atom. The highest BCUT2D eigenvalue weighted by Gasteiger charge is 2.16. The predicted molar refractivity (Wildman–Crippen MR) is 68.3 cm³/mol. The van der Waals surface area contributed by atoms with E-state index < -0.39 is 17.9 Å². The second-order valence-corrected chi connectivity index (χ2v) is 4.10. The summed E-state index contributed by atoms with van der Waals surface area (Å²) in [7, 11) is 0. The van der Waals surface area contributed by atoms with Gasteiger partial charge in [-0.3, -0.25) is 4.79 Å². The number of carboxylic acids is 1. The molecule has 0 aromatic carbocycles. The van der Waals surface area contributed by atoms with Gasteiger partial charge in [0.05, 0.1) is 18.2 Å². The lowest BCUT2D eigenvalue weighted by Gasteiger charge is -2.12. The number of hydrogen-bond acceptors (Lipinski definition) is 4. The Balaban J connectivity index is 2.29. The molecule has 7 nitrogen and oxygen atoms in total. The van der Waals surface area contributed by atoms with Crippen molar-refractivity contribution in [3.63, 3.8) is 0 Å². The van der Waals surface area contributed by atoms with Crippen LogP contribution < -0.4 is 10.6 Å². The molecule has 0 radical (unpaired) electrons. The second kappa shape index (κ2) is 8.02. The molecule has 0 aliphatic rings. The van der Waals surface area contributed by atoms with Crippen molar-refractivity contribution in [3.8, 4) is 0 Å². The van der Waals surface area contributed by atoms with E-state index in [2.05, 4.69) is 20.8 Å². The summed E-state index contributed by atoms with van der Waals surface area (Å²) in [5.74, 6) is -1.44. The van der Waals surface area contributed by atoms with Crippen molar-refractivity contribution in [2.45, 2.75) is 26.3 Å². The summed E-state index contributed by atoms with van der Waals surface area (Å²) in [6.45, 7) is 2.28. The van der Waals surface area contributed by atoms with E-state index in [1.54, 1.807) is 18.3 Å². The van der Waals surface area contributed by atoms with Crippen molar-refractivity contribution in [2.24, 2.45) is 5.92 Å². The van der Waals surface area contributed by atoms with Crippen LogP contribution in [0, 0.1) is 5.92 Å². The summed E-state index contributed by atoms with van der Waals surface area (Å²) in [5.41, 5.74) is 0.640. The lowest BCUT2D eigenvalue weighted by Crippen LogP contribution is -2.39. The van der Waals surface area contributed by atoms with Gasteiger partial charge in [-0.1, -0.05) is 13.3 Å². The number of aliphatic carboxylic acids is 1. The molecule has 0 fully saturated rings. The van der Waals surface area contributed by atoms with Crippen molar-refractivity contribution in [2.75, 3.05) is 6.54 Å². The molecule has 0 aliphatic carbocycles. The molecule has 2 amide bonds. The van der Waals surface area contributed by atoms with Crippen LogP contribution in [0.15, 0.2) is 18.3 Å². The van der Waals surface area contributed by atoms with Gasteiger partial charge in [-0.15, -0.1) is 0 Å². The number of amides is 2. The van der Waals surface area contributed by atoms with E-state index in [0.717, 1.165) is 6.42 Å². The van der Waals surface area contributed by atoms with Gasteiger partial charge in [0, 0.05) is 12.7 Å². The Morgan fingerprint density at radius 3 is 2.79 bits per heavy atom. The number of rotatable bonds is 7. The van der Waals surface area contributed by atoms with Gasteiger partial charge in [0.1, 0.15) is 0 Å². The average molecular weight is 266 g/mol. The van der Waals surface area contributed by atoms with Gasteiger partial charge >= 0.3 is 12.0 Å². The van der Waals surface area contributed by atoms with Crippen LogP contribution in [0.3, 0.4) is 0 Å². The van der Waals surface area contributed by atoms with Crippen molar-refractivity contribution in [3.05, 3.63) is 24.0 Å². The molecule has 19 heavy (non-hydrogen) atoms. The Bertz CT molecular complexity index is 411. The lowest BCUT2D eigenvalue weighted by atomic mass is 10.0. The Labute approximate surface area is 111 Å². The molecule has 0 aliphatic heterocycles. The van der Waals surface area contributed by atoms with Crippen LogP contribution in [-0.4, -0.2) is 33.8 Å². The lowest BCUT2D eigenvalue weighted by molar-refractivity contribution is -0.141. The maximum atomic E-state index is 11.5. The van der Waals surface area contributed by atoms with E-state index in [1.165, 1.54) is 0 Å². The molecular weight excluding hydrogens is 248 g/mol. The Morgan fingerprint density at radius 1 is 1.42 bits per heavy atom. The van der Waals surface area contributed by atoms with Crippen LogP contribution in [-0.2, 0) is 11.3 Å². The number of urea groups is 1. The topological polar surface area (TPSA) is 104 Å². The quantitative estimate of drug-likeness (QED) is 0.676. The highest BCUT2D eigenvalue weighted by molar-refractivity contribution is 5.75. The van der Waals surface area contributed by atoms with Gasteiger partial charge in [0.2, 0.25) is 0 Å². The summed E-state index contributed by atoms with van der Waals surface area (Å²) in [4.78, 5) is 22.4. The number of hydrogen-bond donors (Lipinski definition) is 3. The van der Waals surface area contributed by atoms with Gasteiger partial charge in [0.25, 0.3) is 0 Å². The van der Waals surface area contributed by atoms with Crippen LogP contribution in [0.4, 0.5) is 4.79 Å². The van der Waals surface area contributed by atoms with E-state index in [9.17, 15) is 9.59 Å². The fourth-order valence-corrected chi connectivity index (χ4v) is 1.54. The Hall–Kier alpha value is -2.18. The van der Waals surface area contributed by atoms with Crippen LogP contribution in [0.2, 0.25) is 0 Å². The first-order valence-corrected chi connectivity index (χ1v) is 6.14. The molecule has 0 spiro atoms. The number of aromatic nitrogens is 2. The summed E-state index contributed by atoms with van der Waals surface area (Å²) in [6, 6.07) is 3.06. The number of carbonyl (C=O) groups is 2. The van der Waals surface area contributed by atoms with Gasteiger partial charge in [-0.2, -0.15) is 10.2 Å². The van der Waals surface area contributed by atoms with Gasteiger partial charge in [0.15, 0.2) is 0 Å². The molecule has 0 bridgehead atoms. The molecule has 1 aromatic rings. The average Bonchev–Trinajstić information content (AvgIpc) is 2.42. The third-order valence-electron chi connectivity index (χ3n) is 2.55. The highest BCUT2D eigenvalue weighted by atomic mass is 16.4. The molecular formula is C12H18N4O3. The highest BCUT2D eigenvalue weighted by Crippen LogP contribution is 2.04. The van der Waals surface area contributed by atoms with Crippen LogP contribution in [0.1, 0.15) is 25.5 Å². The molecule has 7 heteroatoms. The Kier molecular flexibility index (Phi) is 6.28. The number of carboxylic acid groups (broad SMARTS) is 1. The van der Waals surface area contributed by atoms with E-state index in [4.69, 9.17) is 5.11 Å². The predicted octanol–water partition coefficient (Wildman–Crippen LogP) is 0.777. The molecule has 3 N–H and O–H groups in total. The molecule has 1 unspecified atom stereocenters. The standard InChI is InChI=1S/C12H18N4O3/c1-2-4-9(11(17)18)7-13-12(19)14-8-10-5-3-6-15-16-10/h3,5-6,9H,2,4,7-8H2,1H3,(H,17,18)(H2,13,14,19). The summed E-state index contributed by atoms with van der Waals surface area (Å²) in [6.07, 6.45) is 2.85. The van der Waals surface area contributed by atoms with Crippen molar-refractivity contribution in [1.29, 1.82) is 0 Å². The molecule has 1 heterocycles. The van der Waals surface area contributed by atoms with Gasteiger partial charge < -0.3 is 15.7 Å². The summed E-state index contributed by atoms with van der Waals surface area (Å²) >= 11 is 0. The molecule has 0 saturated carbocycles. The molecule has 1 atom stereocenters. The number of nitrogens with one attached hydrogen (secondary N) is 2. The van der Waals surface area contributed by atoms with E-state index >= 15 is 0 Å². The fourth-order valence-electron chi connectivity index (χ4n) is 1.54. The summed E-state index contributed by atoms with van der Waals surface area (Å²) in [5, 5.41) is 21.6. The minimum atomic E-state index is -0.893. The van der Waals surface area contributed by atoms with Gasteiger partial charge in [-0.05, 0) is 18.6 Å². The van der Waals surface area contributed by atoms with Crippen molar-refractivity contribution >= 4 is 12.0 Å². The first kappa shape index (κ1) is 14.9. The molecule has 104 valence electrons. The number of carbonyl (C=O) groups excluding carboxylic acids is 1. The largest absolute Gasteiger partial charge is 0.481 e. The van der Waals surface area contributed by atoms with Crippen molar-refractivity contribution < 1.29 is 14.7 Å². The minimum absolute atomic E-state index is 0.121. The third kappa shape index (κ3) is 5.80. The zero-order chi connectivity index (χ0) is 14.1. The fraction of sp³-hybridized carbons (Fsp3) is 0.500. The normalized spacial score (nSPS) is 11.6. The van der Waals surface area contributed by atoms with E-state index in [0.29, 0.717) is 12.1 Å². The van der Waals surface area contributed by atoms with Crippen LogP contribution >= 0.6 is 0 Å². The van der Waals surface area contributed by atoms with Crippen molar-refractivity contribution in [1.82, 2.24) is 20.8 Å². The van der Waals surface area contributed by atoms with Gasteiger partial charge in [-0.25, -0.2) is 4.79 Å². The molecule has 0 saturated heterocycles. The first-order valence-electron chi connectivity index (χ1n) is 6.14. The first-order chi connectivity index (χ1) is 9.13. The summed E-state index contributed by atoms with van der Waals surface area (Å²) < 4.78 is 0. The molecule has 1 rings (SSSR count). The van der Waals surface area contributed by atoms with E-state index in [-0.39, 0.29) is 13.1 Å².